The van der Waals surface area contributed by atoms with Gasteiger partial charge in [0.1, 0.15) is 0 Å². The SMILES string of the molecule is Cc1cc(C(=O)Nc2cccc(C#N)c2)ccc1NN. The number of anilines is 2. The summed E-state index contributed by atoms with van der Waals surface area (Å²) in [6.45, 7) is 1.86. The molecular formula is C15H14N4O. The summed E-state index contributed by atoms with van der Waals surface area (Å²) in [7, 11) is 0. The van der Waals surface area contributed by atoms with Crippen LogP contribution in [-0.2, 0) is 0 Å². The molecule has 0 spiro atoms. The second kappa shape index (κ2) is 5.87. The van der Waals surface area contributed by atoms with Crippen molar-refractivity contribution in [3.63, 3.8) is 0 Å². The first-order valence-corrected chi connectivity index (χ1v) is 6.03. The first kappa shape index (κ1) is 13.6. The summed E-state index contributed by atoms with van der Waals surface area (Å²) >= 11 is 0. The lowest BCUT2D eigenvalue weighted by molar-refractivity contribution is 0.102. The van der Waals surface area contributed by atoms with Gasteiger partial charge < -0.3 is 10.7 Å². The summed E-state index contributed by atoms with van der Waals surface area (Å²) in [6.07, 6.45) is 0. The lowest BCUT2D eigenvalue weighted by Crippen LogP contribution is -2.13. The number of hydrazine groups is 1. The molecule has 0 unspecified atom stereocenters. The zero-order chi connectivity index (χ0) is 14.5. The lowest BCUT2D eigenvalue weighted by atomic mass is 10.1. The van der Waals surface area contributed by atoms with E-state index < -0.39 is 0 Å². The Morgan fingerprint density at radius 2 is 2.05 bits per heavy atom. The van der Waals surface area contributed by atoms with Gasteiger partial charge in [-0.05, 0) is 48.9 Å². The van der Waals surface area contributed by atoms with Gasteiger partial charge in [0.25, 0.3) is 5.91 Å². The van der Waals surface area contributed by atoms with Crippen LogP contribution < -0.4 is 16.6 Å². The largest absolute Gasteiger partial charge is 0.324 e. The molecule has 0 fully saturated rings. The van der Waals surface area contributed by atoms with Crippen molar-refractivity contribution in [2.45, 2.75) is 6.92 Å². The molecule has 0 aliphatic heterocycles. The second-order valence-corrected chi connectivity index (χ2v) is 4.32. The molecule has 5 heteroatoms. The zero-order valence-corrected chi connectivity index (χ0v) is 11.0. The first-order chi connectivity index (χ1) is 9.63. The Morgan fingerprint density at radius 3 is 2.70 bits per heavy atom. The van der Waals surface area contributed by atoms with E-state index in [2.05, 4.69) is 10.7 Å². The third-order valence-corrected chi connectivity index (χ3v) is 2.89. The molecule has 0 saturated heterocycles. The van der Waals surface area contributed by atoms with E-state index in [1.165, 1.54) is 0 Å². The Labute approximate surface area is 117 Å². The minimum Gasteiger partial charge on any atom is -0.324 e. The van der Waals surface area contributed by atoms with Crippen molar-refractivity contribution in [2.75, 3.05) is 10.7 Å². The Morgan fingerprint density at radius 1 is 1.25 bits per heavy atom. The van der Waals surface area contributed by atoms with Crippen molar-refractivity contribution >= 4 is 17.3 Å². The average Bonchev–Trinajstić information content (AvgIpc) is 2.47. The summed E-state index contributed by atoms with van der Waals surface area (Å²) < 4.78 is 0. The molecule has 0 saturated carbocycles. The molecule has 2 aromatic carbocycles. The monoisotopic (exact) mass is 266 g/mol. The maximum absolute atomic E-state index is 12.1. The van der Waals surface area contributed by atoms with Crippen LogP contribution in [0, 0.1) is 18.3 Å². The van der Waals surface area contributed by atoms with Crippen LogP contribution in [0.2, 0.25) is 0 Å². The van der Waals surface area contributed by atoms with Gasteiger partial charge in [-0.25, -0.2) is 0 Å². The number of hydrogen-bond donors (Lipinski definition) is 3. The Bertz CT molecular complexity index is 689. The highest BCUT2D eigenvalue weighted by atomic mass is 16.1. The maximum Gasteiger partial charge on any atom is 0.255 e. The number of aryl methyl sites for hydroxylation is 1. The molecule has 0 radical (unpaired) electrons. The normalized spacial score (nSPS) is 9.65. The number of carbonyl (C=O) groups is 1. The predicted molar refractivity (Wildman–Crippen MR) is 78.1 cm³/mol. The van der Waals surface area contributed by atoms with Crippen molar-refractivity contribution in [2.24, 2.45) is 5.84 Å². The Kier molecular flexibility index (Phi) is 3.99. The van der Waals surface area contributed by atoms with Crippen LogP contribution in [0.25, 0.3) is 0 Å². The van der Waals surface area contributed by atoms with Gasteiger partial charge in [-0.2, -0.15) is 5.26 Å². The van der Waals surface area contributed by atoms with E-state index >= 15 is 0 Å². The fraction of sp³-hybridized carbons (Fsp3) is 0.0667. The molecule has 2 aromatic rings. The van der Waals surface area contributed by atoms with Crippen LogP contribution in [0.4, 0.5) is 11.4 Å². The maximum atomic E-state index is 12.1. The number of nitrogens with one attached hydrogen (secondary N) is 2. The van der Waals surface area contributed by atoms with E-state index in [0.29, 0.717) is 16.8 Å². The van der Waals surface area contributed by atoms with Crippen molar-refractivity contribution < 1.29 is 4.79 Å². The number of carbonyl (C=O) groups excluding carboxylic acids is 1. The topological polar surface area (TPSA) is 90.9 Å². The van der Waals surface area contributed by atoms with E-state index in [-0.39, 0.29) is 5.91 Å². The number of nitrogens with zero attached hydrogens (tertiary/aromatic N) is 1. The first-order valence-electron chi connectivity index (χ1n) is 6.03. The highest BCUT2D eigenvalue weighted by molar-refractivity contribution is 6.04. The van der Waals surface area contributed by atoms with Crippen LogP contribution in [0.3, 0.4) is 0 Å². The molecule has 20 heavy (non-hydrogen) atoms. The summed E-state index contributed by atoms with van der Waals surface area (Å²) in [4.78, 5) is 12.1. The molecule has 0 atom stereocenters. The summed E-state index contributed by atoms with van der Waals surface area (Å²) in [5, 5.41) is 11.6. The number of hydrogen-bond acceptors (Lipinski definition) is 4. The third-order valence-electron chi connectivity index (χ3n) is 2.89. The van der Waals surface area contributed by atoms with Gasteiger partial charge in [0.05, 0.1) is 17.3 Å². The number of amides is 1. The van der Waals surface area contributed by atoms with E-state index in [1.54, 1.807) is 42.5 Å². The fourth-order valence-corrected chi connectivity index (χ4v) is 1.84. The van der Waals surface area contributed by atoms with Gasteiger partial charge in [0, 0.05) is 11.3 Å². The molecule has 100 valence electrons. The van der Waals surface area contributed by atoms with Crippen LogP contribution in [0.5, 0.6) is 0 Å². The number of nitrogen functional groups attached to an aromatic ring is 1. The lowest BCUT2D eigenvalue weighted by Gasteiger charge is -2.09. The van der Waals surface area contributed by atoms with E-state index in [1.807, 2.05) is 13.0 Å². The van der Waals surface area contributed by atoms with Gasteiger partial charge in [-0.3, -0.25) is 10.6 Å². The smallest absolute Gasteiger partial charge is 0.255 e. The molecule has 0 aliphatic rings. The van der Waals surface area contributed by atoms with Crippen LogP contribution in [0.1, 0.15) is 21.5 Å². The second-order valence-electron chi connectivity index (χ2n) is 4.32. The highest BCUT2D eigenvalue weighted by Gasteiger charge is 2.08. The number of nitrogens with two attached hydrogens (primary N) is 1. The molecule has 0 bridgehead atoms. The van der Waals surface area contributed by atoms with Crippen LogP contribution >= 0.6 is 0 Å². The fourth-order valence-electron chi connectivity index (χ4n) is 1.84. The summed E-state index contributed by atoms with van der Waals surface area (Å²) in [6, 6.07) is 14.0. The standard InChI is InChI=1S/C15H14N4O/c1-10-7-12(5-6-14(10)19-17)15(20)18-13-4-2-3-11(8-13)9-16/h2-8,19H,17H2,1H3,(H,18,20). The van der Waals surface area contributed by atoms with Gasteiger partial charge in [-0.15, -0.1) is 0 Å². The summed E-state index contributed by atoms with van der Waals surface area (Å²) in [5.74, 6) is 5.12. The molecular weight excluding hydrogens is 252 g/mol. The van der Waals surface area contributed by atoms with Gasteiger partial charge in [-0.1, -0.05) is 6.07 Å². The molecule has 2 rings (SSSR count). The van der Waals surface area contributed by atoms with Crippen molar-refractivity contribution in [3.8, 4) is 6.07 Å². The molecule has 5 nitrogen and oxygen atoms in total. The molecule has 4 N–H and O–H groups in total. The highest BCUT2D eigenvalue weighted by Crippen LogP contribution is 2.17. The van der Waals surface area contributed by atoms with E-state index in [0.717, 1.165) is 11.3 Å². The molecule has 1 amide bonds. The van der Waals surface area contributed by atoms with Crippen molar-refractivity contribution in [1.29, 1.82) is 5.26 Å². The minimum atomic E-state index is -0.230. The van der Waals surface area contributed by atoms with Crippen molar-refractivity contribution in [1.82, 2.24) is 0 Å². The number of nitriles is 1. The molecule has 0 heterocycles. The van der Waals surface area contributed by atoms with Gasteiger partial charge >= 0.3 is 0 Å². The number of benzene rings is 2. The van der Waals surface area contributed by atoms with Crippen LogP contribution in [0.15, 0.2) is 42.5 Å². The molecule has 0 aromatic heterocycles. The van der Waals surface area contributed by atoms with E-state index in [4.69, 9.17) is 11.1 Å². The Hall–Kier alpha value is -2.84. The summed E-state index contributed by atoms with van der Waals surface area (Å²) in [5.41, 5.74) is 5.83. The van der Waals surface area contributed by atoms with Crippen molar-refractivity contribution in [3.05, 3.63) is 59.2 Å². The van der Waals surface area contributed by atoms with Crippen LogP contribution in [-0.4, -0.2) is 5.91 Å². The predicted octanol–water partition coefficient (Wildman–Crippen LogP) is 2.40. The average molecular weight is 266 g/mol. The third kappa shape index (κ3) is 2.94. The zero-order valence-electron chi connectivity index (χ0n) is 11.0. The van der Waals surface area contributed by atoms with E-state index in [9.17, 15) is 4.79 Å². The number of rotatable bonds is 3. The van der Waals surface area contributed by atoms with Gasteiger partial charge in [0.2, 0.25) is 0 Å². The minimum absolute atomic E-state index is 0.230. The quantitative estimate of drug-likeness (QED) is 0.587. The molecule has 0 aliphatic carbocycles. The van der Waals surface area contributed by atoms with Gasteiger partial charge in [0.15, 0.2) is 0 Å². The Balaban J connectivity index is 2.19.